The molecule has 7 heteroatoms. The maximum absolute atomic E-state index is 13.1. The van der Waals surface area contributed by atoms with E-state index in [4.69, 9.17) is 0 Å². The highest BCUT2D eigenvalue weighted by molar-refractivity contribution is 5.99. The van der Waals surface area contributed by atoms with Crippen LogP contribution in [0.3, 0.4) is 0 Å². The smallest absolute Gasteiger partial charge is 0.255 e. The number of aromatic nitrogens is 4. The summed E-state index contributed by atoms with van der Waals surface area (Å²) in [6.45, 7) is 0.466. The third kappa shape index (κ3) is 3.83. The molecule has 0 aliphatic carbocycles. The number of H-pyrrole nitrogens is 1. The topological polar surface area (TPSA) is 75.6 Å². The van der Waals surface area contributed by atoms with E-state index < -0.39 is 0 Å². The number of carbonyl (C=O) groups excluding carboxylic acids is 1. The zero-order valence-corrected chi connectivity index (χ0v) is 15.0. The van der Waals surface area contributed by atoms with Gasteiger partial charge in [0.15, 0.2) is 0 Å². The van der Waals surface area contributed by atoms with Crippen LogP contribution in [0.5, 0.6) is 0 Å². The summed E-state index contributed by atoms with van der Waals surface area (Å²) in [7, 11) is 0. The van der Waals surface area contributed by atoms with Gasteiger partial charge in [-0.15, -0.1) is 0 Å². The van der Waals surface area contributed by atoms with E-state index in [9.17, 15) is 9.18 Å². The van der Waals surface area contributed by atoms with Gasteiger partial charge in [0.2, 0.25) is 0 Å². The Morgan fingerprint density at radius 3 is 2.64 bits per heavy atom. The molecule has 0 saturated carbocycles. The summed E-state index contributed by atoms with van der Waals surface area (Å²) in [4.78, 5) is 12.5. The summed E-state index contributed by atoms with van der Waals surface area (Å²) >= 11 is 0. The molecule has 4 aromatic rings. The Kier molecular flexibility index (Phi) is 4.97. The average Bonchev–Trinajstić information content (AvgIpc) is 3.39. The standard InChI is InChI=1S/C21H18FN5O/c22-17-8-6-16(7-9-17)20-19(13-24-26-20)21(28)23-11-10-15-12-25-27(14-15)18-4-2-1-3-5-18/h1-9,12-14H,10-11H2,(H,23,28)(H,24,26). The van der Waals surface area contributed by atoms with Crippen LogP contribution < -0.4 is 5.32 Å². The highest BCUT2D eigenvalue weighted by atomic mass is 19.1. The highest BCUT2D eigenvalue weighted by Crippen LogP contribution is 2.21. The quantitative estimate of drug-likeness (QED) is 0.543. The predicted molar refractivity (Wildman–Crippen MR) is 104 cm³/mol. The number of amides is 1. The van der Waals surface area contributed by atoms with E-state index in [1.807, 2.05) is 36.5 Å². The monoisotopic (exact) mass is 375 g/mol. The summed E-state index contributed by atoms with van der Waals surface area (Å²) < 4.78 is 14.9. The number of rotatable bonds is 6. The number of hydrogen-bond acceptors (Lipinski definition) is 3. The molecule has 2 N–H and O–H groups in total. The molecule has 0 aliphatic heterocycles. The minimum absolute atomic E-state index is 0.233. The lowest BCUT2D eigenvalue weighted by Crippen LogP contribution is -2.25. The first-order valence-electron chi connectivity index (χ1n) is 8.87. The third-order valence-electron chi connectivity index (χ3n) is 4.37. The minimum Gasteiger partial charge on any atom is -0.352 e. The van der Waals surface area contributed by atoms with Crippen LogP contribution in [0.25, 0.3) is 16.9 Å². The van der Waals surface area contributed by atoms with Gasteiger partial charge in [0.25, 0.3) is 5.91 Å². The van der Waals surface area contributed by atoms with E-state index in [1.165, 1.54) is 18.3 Å². The van der Waals surface area contributed by atoms with Crippen LogP contribution in [0.2, 0.25) is 0 Å². The van der Waals surface area contributed by atoms with Gasteiger partial charge in [-0.3, -0.25) is 9.89 Å². The molecular weight excluding hydrogens is 357 g/mol. The summed E-state index contributed by atoms with van der Waals surface area (Å²) in [5, 5.41) is 14.0. The zero-order chi connectivity index (χ0) is 19.3. The molecule has 0 spiro atoms. The molecule has 0 atom stereocenters. The Bertz CT molecular complexity index is 1070. The van der Waals surface area contributed by atoms with Gasteiger partial charge in [-0.25, -0.2) is 9.07 Å². The number of benzene rings is 2. The average molecular weight is 375 g/mol. The van der Waals surface area contributed by atoms with Crippen molar-refractivity contribution in [1.82, 2.24) is 25.3 Å². The van der Waals surface area contributed by atoms with Crippen LogP contribution in [-0.2, 0) is 6.42 Å². The Balaban J connectivity index is 1.38. The zero-order valence-electron chi connectivity index (χ0n) is 15.0. The van der Waals surface area contributed by atoms with Crippen molar-refractivity contribution in [3.8, 4) is 16.9 Å². The van der Waals surface area contributed by atoms with Crippen molar-refractivity contribution >= 4 is 5.91 Å². The number of carbonyl (C=O) groups is 1. The van der Waals surface area contributed by atoms with Crippen molar-refractivity contribution in [2.24, 2.45) is 0 Å². The van der Waals surface area contributed by atoms with E-state index >= 15 is 0 Å². The Hall–Kier alpha value is -3.74. The number of para-hydroxylation sites is 1. The van der Waals surface area contributed by atoms with Crippen molar-refractivity contribution in [2.75, 3.05) is 6.54 Å². The number of hydrogen-bond donors (Lipinski definition) is 2. The van der Waals surface area contributed by atoms with Gasteiger partial charge in [0.05, 0.1) is 29.3 Å². The number of halogens is 1. The fraction of sp³-hybridized carbons (Fsp3) is 0.0952. The largest absolute Gasteiger partial charge is 0.352 e. The normalized spacial score (nSPS) is 10.8. The van der Waals surface area contributed by atoms with E-state index in [2.05, 4.69) is 20.6 Å². The number of nitrogens with one attached hydrogen (secondary N) is 2. The molecular formula is C21H18FN5O. The first kappa shape index (κ1) is 17.7. The first-order valence-corrected chi connectivity index (χ1v) is 8.87. The molecule has 0 unspecified atom stereocenters. The number of aromatic amines is 1. The van der Waals surface area contributed by atoms with Crippen LogP contribution in [0.1, 0.15) is 15.9 Å². The predicted octanol–water partition coefficient (Wildman–Crippen LogP) is 3.37. The van der Waals surface area contributed by atoms with E-state index in [-0.39, 0.29) is 11.7 Å². The van der Waals surface area contributed by atoms with Gasteiger partial charge < -0.3 is 5.32 Å². The number of nitrogens with zero attached hydrogens (tertiary/aromatic N) is 3. The van der Waals surface area contributed by atoms with Gasteiger partial charge in [0, 0.05) is 18.3 Å². The first-order chi connectivity index (χ1) is 13.7. The fourth-order valence-corrected chi connectivity index (χ4v) is 2.92. The van der Waals surface area contributed by atoms with Crippen molar-refractivity contribution in [2.45, 2.75) is 6.42 Å². The van der Waals surface area contributed by atoms with Gasteiger partial charge in [0.1, 0.15) is 5.82 Å². The molecule has 0 aliphatic rings. The van der Waals surface area contributed by atoms with Crippen LogP contribution in [0.15, 0.2) is 73.2 Å². The molecule has 140 valence electrons. The Labute approximate surface area is 161 Å². The van der Waals surface area contributed by atoms with Gasteiger partial charge in [-0.1, -0.05) is 18.2 Å². The van der Waals surface area contributed by atoms with Crippen LogP contribution in [0, 0.1) is 5.82 Å². The fourth-order valence-electron chi connectivity index (χ4n) is 2.92. The van der Waals surface area contributed by atoms with E-state index in [0.29, 0.717) is 29.8 Å². The van der Waals surface area contributed by atoms with Gasteiger partial charge in [-0.2, -0.15) is 10.2 Å². The lowest BCUT2D eigenvalue weighted by atomic mass is 10.1. The molecule has 0 saturated heterocycles. The third-order valence-corrected chi connectivity index (χ3v) is 4.37. The SMILES string of the molecule is O=C(NCCc1cnn(-c2ccccc2)c1)c1cn[nH]c1-c1ccc(F)cc1. The summed E-state index contributed by atoms with van der Waals surface area (Å²) in [5.41, 5.74) is 3.70. The molecule has 6 nitrogen and oxygen atoms in total. The molecule has 0 bridgehead atoms. The second-order valence-electron chi connectivity index (χ2n) is 6.30. The van der Waals surface area contributed by atoms with Gasteiger partial charge in [-0.05, 0) is 48.4 Å². The molecule has 1 amide bonds. The lowest BCUT2D eigenvalue weighted by Gasteiger charge is -2.05. The van der Waals surface area contributed by atoms with E-state index in [0.717, 1.165) is 11.3 Å². The molecule has 2 aromatic carbocycles. The second kappa shape index (κ2) is 7.87. The van der Waals surface area contributed by atoms with Gasteiger partial charge >= 0.3 is 0 Å². The maximum Gasteiger partial charge on any atom is 0.255 e. The van der Waals surface area contributed by atoms with Crippen LogP contribution in [0.4, 0.5) is 4.39 Å². The van der Waals surface area contributed by atoms with Crippen LogP contribution >= 0.6 is 0 Å². The van der Waals surface area contributed by atoms with E-state index in [1.54, 1.807) is 23.0 Å². The molecule has 4 rings (SSSR count). The summed E-state index contributed by atoms with van der Waals surface area (Å²) in [5.74, 6) is -0.561. The Morgan fingerprint density at radius 2 is 1.86 bits per heavy atom. The van der Waals surface area contributed by atoms with Crippen molar-refractivity contribution < 1.29 is 9.18 Å². The lowest BCUT2D eigenvalue weighted by molar-refractivity contribution is 0.0955. The van der Waals surface area contributed by atoms with Crippen molar-refractivity contribution in [3.05, 3.63) is 90.1 Å². The van der Waals surface area contributed by atoms with Crippen molar-refractivity contribution in [1.29, 1.82) is 0 Å². The summed E-state index contributed by atoms with van der Waals surface area (Å²) in [6, 6.07) is 15.8. The Morgan fingerprint density at radius 1 is 1.07 bits per heavy atom. The molecule has 2 heterocycles. The second-order valence-corrected chi connectivity index (χ2v) is 6.30. The molecule has 0 radical (unpaired) electrons. The maximum atomic E-state index is 13.1. The molecule has 28 heavy (non-hydrogen) atoms. The molecule has 2 aromatic heterocycles. The molecule has 0 fully saturated rings. The summed E-state index contributed by atoms with van der Waals surface area (Å²) in [6.07, 6.45) is 5.87. The minimum atomic E-state index is -0.328. The van der Waals surface area contributed by atoms with Crippen LogP contribution in [-0.4, -0.2) is 32.4 Å². The van der Waals surface area contributed by atoms with Crippen molar-refractivity contribution in [3.63, 3.8) is 0 Å². The highest BCUT2D eigenvalue weighted by Gasteiger charge is 2.15.